The van der Waals surface area contributed by atoms with Crippen molar-refractivity contribution in [2.75, 3.05) is 18.0 Å². The smallest absolute Gasteiger partial charge is 0.416 e. The van der Waals surface area contributed by atoms with Gasteiger partial charge in [0.15, 0.2) is 0 Å². The summed E-state index contributed by atoms with van der Waals surface area (Å²) in [4.78, 5) is 12.7. The number of anilines is 1. The van der Waals surface area contributed by atoms with Crippen LogP contribution in [0, 0.1) is 0 Å². The van der Waals surface area contributed by atoms with Gasteiger partial charge in [-0.15, -0.1) is 0 Å². The molecule has 1 atom stereocenters. The molecular formula is C13H15F3N2O2. The Hall–Kier alpha value is -1.76. The number of hydrogen-bond donors (Lipinski definition) is 2. The molecule has 1 aromatic rings. The molecule has 1 fully saturated rings. The van der Waals surface area contributed by atoms with E-state index in [1.54, 1.807) is 0 Å². The number of hydrogen-bond acceptors (Lipinski definition) is 3. The predicted octanol–water partition coefficient (Wildman–Crippen LogP) is 2.39. The van der Waals surface area contributed by atoms with E-state index in [0.29, 0.717) is 18.8 Å². The lowest BCUT2D eigenvalue weighted by molar-refractivity contribution is -0.141. The number of carboxylic acids is 1. The lowest BCUT2D eigenvalue weighted by Gasteiger charge is -2.22. The Morgan fingerprint density at radius 2 is 1.90 bits per heavy atom. The molecule has 4 nitrogen and oxygen atoms in total. The molecule has 1 aliphatic rings. The van der Waals surface area contributed by atoms with E-state index < -0.39 is 29.3 Å². The minimum absolute atomic E-state index is 0.409. The highest BCUT2D eigenvalue weighted by molar-refractivity contribution is 5.76. The van der Waals surface area contributed by atoms with Gasteiger partial charge in [0.2, 0.25) is 0 Å². The molecular weight excluding hydrogens is 273 g/mol. The second-order valence-electron chi connectivity index (χ2n) is 4.78. The second kappa shape index (κ2) is 5.32. The van der Waals surface area contributed by atoms with Gasteiger partial charge in [0.05, 0.1) is 5.56 Å². The van der Waals surface area contributed by atoms with Crippen LogP contribution < -0.4 is 10.6 Å². The Balaban J connectivity index is 2.45. The summed E-state index contributed by atoms with van der Waals surface area (Å²) >= 11 is 0. The first-order valence-corrected chi connectivity index (χ1v) is 6.25. The average molecular weight is 288 g/mol. The van der Waals surface area contributed by atoms with Crippen molar-refractivity contribution in [3.63, 3.8) is 0 Å². The number of aliphatic carboxylic acids is 1. The quantitative estimate of drug-likeness (QED) is 0.896. The molecule has 0 spiro atoms. The molecule has 0 aromatic heterocycles. The second-order valence-corrected chi connectivity index (χ2v) is 4.78. The van der Waals surface area contributed by atoms with E-state index in [0.717, 1.165) is 25.0 Å². The first-order valence-electron chi connectivity index (χ1n) is 6.25. The Morgan fingerprint density at radius 3 is 2.40 bits per heavy atom. The molecule has 0 bridgehead atoms. The fraction of sp³-hybridized carbons (Fsp3) is 0.462. The molecule has 0 amide bonds. The maximum Gasteiger partial charge on any atom is 0.416 e. The van der Waals surface area contributed by atoms with E-state index in [1.165, 1.54) is 6.07 Å². The monoisotopic (exact) mass is 288 g/mol. The van der Waals surface area contributed by atoms with Crippen molar-refractivity contribution in [1.29, 1.82) is 0 Å². The third kappa shape index (κ3) is 2.87. The number of nitrogens with two attached hydrogens (primary N) is 1. The minimum atomic E-state index is -4.63. The normalized spacial score (nSPS) is 17.3. The van der Waals surface area contributed by atoms with Gasteiger partial charge in [0.25, 0.3) is 0 Å². The number of alkyl halides is 3. The first-order chi connectivity index (χ1) is 9.30. The summed E-state index contributed by atoms with van der Waals surface area (Å²) < 4.78 is 39.2. The van der Waals surface area contributed by atoms with E-state index in [4.69, 9.17) is 10.8 Å². The van der Waals surface area contributed by atoms with E-state index in [-0.39, 0.29) is 0 Å². The number of nitrogens with zero attached hydrogens (tertiary/aromatic N) is 1. The van der Waals surface area contributed by atoms with E-state index >= 15 is 0 Å². The van der Waals surface area contributed by atoms with Crippen LogP contribution in [-0.2, 0) is 11.0 Å². The van der Waals surface area contributed by atoms with Gasteiger partial charge in [-0.1, -0.05) is 6.07 Å². The van der Waals surface area contributed by atoms with Crippen LogP contribution in [0.4, 0.5) is 18.9 Å². The summed E-state index contributed by atoms with van der Waals surface area (Å²) in [5.74, 6) is -1.48. The van der Waals surface area contributed by atoms with Gasteiger partial charge in [-0.05, 0) is 30.5 Å². The largest absolute Gasteiger partial charge is 0.480 e. The van der Waals surface area contributed by atoms with E-state index in [1.807, 2.05) is 4.90 Å². The van der Waals surface area contributed by atoms with Crippen molar-refractivity contribution in [3.8, 4) is 0 Å². The maximum atomic E-state index is 13.1. The predicted molar refractivity (Wildman–Crippen MR) is 67.5 cm³/mol. The fourth-order valence-corrected chi connectivity index (χ4v) is 2.37. The summed E-state index contributed by atoms with van der Waals surface area (Å²) in [5.41, 5.74) is 4.40. The molecule has 3 N–H and O–H groups in total. The molecule has 1 heterocycles. The van der Waals surface area contributed by atoms with E-state index in [2.05, 4.69) is 0 Å². The maximum absolute atomic E-state index is 13.1. The molecule has 0 saturated carbocycles. The Labute approximate surface area is 114 Å². The highest BCUT2D eigenvalue weighted by Gasteiger charge is 2.36. The molecule has 1 saturated heterocycles. The summed E-state index contributed by atoms with van der Waals surface area (Å²) in [6, 6.07) is 1.97. The molecule has 0 radical (unpaired) electrons. The number of carbonyl (C=O) groups is 1. The van der Waals surface area contributed by atoms with Gasteiger partial charge in [0, 0.05) is 18.8 Å². The third-order valence-electron chi connectivity index (χ3n) is 3.41. The lowest BCUT2D eigenvalue weighted by atomic mass is 9.99. The number of benzene rings is 1. The van der Waals surface area contributed by atoms with Crippen LogP contribution in [0.2, 0.25) is 0 Å². The summed E-state index contributed by atoms with van der Waals surface area (Å²) in [6.07, 6.45) is -2.74. The molecule has 1 aliphatic heterocycles. The molecule has 0 aliphatic carbocycles. The van der Waals surface area contributed by atoms with Gasteiger partial charge in [-0.2, -0.15) is 13.2 Å². The minimum Gasteiger partial charge on any atom is -0.480 e. The molecule has 1 aromatic carbocycles. The van der Waals surface area contributed by atoms with Gasteiger partial charge < -0.3 is 15.7 Å². The molecule has 0 unspecified atom stereocenters. The lowest BCUT2D eigenvalue weighted by Crippen LogP contribution is -2.25. The Morgan fingerprint density at radius 1 is 1.30 bits per heavy atom. The molecule has 7 heteroatoms. The van der Waals surface area contributed by atoms with Crippen molar-refractivity contribution in [2.45, 2.75) is 25.1 Å². The third-order valence-corrected chi connectivity index (χ3v) is 3.41. The summed E-state index contributed by atoms with van der Waals surface area (Å²) in [7, 11) is 0. The van der Waals surface area contributed by atoms with Crippen LogP contribution >= 0.6 is 0 Å². The molecule has 110 valence electrons. The molecule has 2 rings (SSSR count). The van der Waals surface area contributed by atoms with Gasteiger partial charge in [0.1, 0.15) is 6.04 Å². The zero-order valence-electron chi connectivity index (χ0n) is 10.7. The number of carboxylic acid groups (broad SMARTS) is 1. The topological polar surface area (TPSA) is 66.6 Å². The van der Waals surface area contributed by atoms with Crippen molar-refractivity contribution in [3.05, 3.63) is 29.3 Å². The summed E-state index contributed by atoms with van der Waals surface area (Å²) in [6.45, 7) is 1.42. The van der Waals surface area contributed by atoms with Gasteiger partial charge in [-0.3, -0.25) is 4.79 Å². The van der Waals surface area contributed by atoms with Crippen LogP contribution in [0.15, 0.2) is 18.2 Å². The van der Waals surface area contributed by atoms with E-state index in [9.17, 15) is 18.0 Å². The highest BCUT2D eigenvalue weighted by Crippen LogP contribution is 2.37. The van der Waals surface area contributed by atoms with Crippen molar-refractivity contribution < 1.29 is 23.1 Å². The van der Waals surface area contributed by atoms with Crippen molar-refractivity contribution in [1.82, 2.24) is 0 Å². The number of rotatable bonds is 3. The van der Waals surface area contributed by atoms with Gasteiger partial charge >= 0.3 is 12.1 Å². The zero-order chi connectivity index (χ0) is 14.9. The van der Waals surface area contributed by atoms with Crippen LogP contribution in [0.3, 0.4) is 0 Å². The summed E-state index contributed by atoms with van der Waals surface area (Å²) in [5, 5.41) is 8.80. The standard InChI is InChI=1S/C13H15F3N2O2/c14-13(15,16)10-7-8(18-5-1-2-6-18)3-4-9(10)11(17)12(19)20/h3-4,7,11H,1-2,5-6,17H2,(H,19,20)/t11-/m0/s1. The number of halogens is 3. The van der Waals surface area contributed by atoms with Crippen LogP contribution in [-0.4, -0.2) is 24.2 Å². The Bertz CT molecular complexity index is 511. The molecule has 20 heavy (non-hydrogen) atoms. The van der Waals surface area contributed by atoms with Crippen LogP contribution in [0.5, 0.6) is 0 Å². The SMILES string of the molecule is N[C@H](C(=O)O)c1ccc(N2CCCC2)cc1C(F)(F)F. The fourth-order valence-electron chi connectivity index (χ4n) is 2.37. The van der Waals surface area contributed by atoms with Crippen molar-refractivity contribution in [2.24, 2.45) is 5.73 Å². The highest BCUT2D eigenvalue weighted by atomic mass is 19.4. The first kappa shape index (κ1) is 14.6. The zero-order valence-corrected chi connectivity index (χ0v) is 10.7. The Kier molecular flexibility index (Phi) is 3.89. The van der Waals surface area contributed by atoms with Crippen molar-refractivity contribution >= 4 is 11.7 Å². The average Bonchev–Trinajstić information content (AvgIpc) is 2.90. The van der Waals surface area contributed by atoms with Crippen LogP contribution in [0.25, 0.3) is 0 Å². The van der Waals surface area contributed by atoms with Crippen LogP contribution in [0.1, 0.15) is 30.0 Å². The van der Waals surface area contributed by atoms with Gasteiger partial charge in [-0.25, -0.2) is 0 Å².